The van der Waals surface area contributed by atoms with Gasteiger partial charge in [-0.2, -0.15) is 0 Å². The third kappa shape index (κ3) is 2.36. The highest BCUT2D eigenvalue weighted by molar-refractivity contribution is 6.31. The van der Waals surface area contributed by atoms with Crippen LogP contribution in [0.25, 0.3) is 0 Å². The minimum absolute atomic E-state index is 0.551. The fourth-order valence-electron chi connectivity index (χ4n) is 3.09. The van der Waals surface area contributed by atoms with Crippen LogP contribution in [0.1, 0.15) is 42.0 Å². The fourth-order valence-corrected chi connectivity index (χ4v) is 3.43. The molecule has 0 saturated heterocycles. The maximum atomic E-state index is 6.61. The monoisotopic (exact) mass is 285 g/mol. The molecular weight excluding hydrogens is 266 g/mol. The minimum Gasteiger partial charge on any atom is -0.318 e. The second-order valence-corrected chi connectivity index (χ2v) is 6.28. The van der Waals surface area contributed by atoms with Gasteiger partial charge in [-0.1, -0.05) is 48.0 Å². The first-order valence-electron chi connectivity index (χ1n) is 7.25. The van der Waals surface area contributed by atoms with Crippen LogP contribution in [0.5, 0.6) is 0 Å². The van der Waals surface area contributed by atoms with Crippen molar-refractivity contribution in [2.45, 2.75) is 38.1 Å². The Labute approximate surface area is 125 Å². The summed E-state index contributed by atoms with van der Waals surface area (Å²) in [5.74, 6) is 0. The zero-order valence-electron chi connectivity index (χ0n) is 11.8. The minimum atomic E-state index is -0.551. The summed E-state index contributed by atoms with van der Waals surface area (Å²) in [6, 6.07) is 14.5. The summed E-state index contributed by atoms with van der Waals surface area (Å²) in [6.45, 7) is 2.04. The summed E-state index contributed by atoms with van der Waals surface area (Å²) < 4.78 is 0. The number of hydrogen-bond donors (Lipinski definition) is 1. The summed E-state index contributed by atoms with van der Waals surface area (Å²) in [6.07, 6.45) is 4.95. The van der Waals surface area contributed by atoms with Crippen LogP contribution in [-0.4, -0.2) is 0 Å². The van der Waals surface area contributed by atoms with Gasteiger partial charge in [-0.25, -0.2) is 0 Å². The molecule has 3 rings (SSSR count). The Morgan fingerprint density at radius 2 is 1.70 bits per heavy atom. The molecule has 0 heterocycles. The van der Waals surface area contributed by atoms with Gasteiger partial charge in [0.15, 0.2) is 0 Å². The van der Waals surface area contributed by atoms with Crippen LogP contribution in [0.3, 0.4) is 0 Å². The molecule has 0 aliphatic heterocycles. The number of nitrogens with two attached hydrogens (primary N) is 1. The molecule has 0 aromatic heterocycles. The zero-order chi connectivity index (χ0) is 14.2. The molecule has 1 nitrogen and oxygen atoms in total. The molecule has 1 aliphatic rings. The molecular formula is C18H20ClN. The smallest absolute Gasteiger partial charge is 0.0651 e. The van der Waals surface area contributed by atoms with Crippen molar-refractivity contribution in [3.05, 3.63) is 69.7 Å². The number of halogens is 1. The molecule has 2 heteroatoms. The molecule has 1 aliphatic carbocycles. The Bertz CT molecular complexity index is 631. The molecule has 0 fully saturated rings. The van der Waals surface area contributed by atoms with Crippen molar-refractivity contribution in [3.63, 3.8) is 0 Å². The molecule has 0 spiro atoms. The summed E-state index contributed by atoms with van der Waals surface area (Å²) in [7, 11) is 0. The normalized spacial score (nSPS) is 17.4. The van der Waals surface area contributed by atoms with E-state index in [4.69, 9.17) is 17.3 Å². The Kier molecular flexibility index (Phi) is 3.57. The van der Waals surface area contributed by atoms with Gasteiger partial charge in [0.25, 0.3) is 0 Å². The van der Waals surface area contributed by atoms with E-state index >= 15 is 0 Å². The van der Waals surface area contributed by atoms with Crippen molar-refractivity contribution in [2.24, 2.45) is 5.73 Å². The Balaban J connectivity index is 2.05. The Hall–Kier alpha value is -1.31. The molecule has 2 aromatic rings. The average molecular weight is 286 g/mol. The number of rotatable bonds is 2. The first-order chi connectivity index (χ1) is 9.59. The van der Waals surface area contributed by atoms with Crippen LogP contribution >= 0.6 is 11.6 Å². The number of aryl methyl sites for hydroxylation is 2. The molecule has 0 saturated carbocycles. The van der Waals surface area contributed by atoms with E-state index in [1.807, 2.05) is 31.2 Å². The maximum Gasteiger partial charge on any atom is 0.0651 e. The summed E-state index contributed by atoms with van der Waals surface area (Å²) in [5.41, 5.74) is 11.1. The first kappa shape index (κ1) is 13.7. The van der Waals surface area contributed by atoms with Gasteiger partial charge in [-0.05, 0) is 60.9 Å². The fraction of sp³-hybridized carbons (Fsp3) is 0.333. The van der Waals surface area contributed by atoms with Crippen molar-refractivity contribution in [3.8, 4) is 0 Å². The molecule has 2 aromatic carbocycles. The predicted molar refractivity (Wildman–Crippen MR) is 85.2 cm³/mol. The third-order valence-electron chi connectivity index (χ3n) is 4.38. The largest absolute Gasteiger partial charge is 0.318 e. The summed E-state index contributed by atoms with van der Waals surface area (Å²) >= 11 is 6.32. The van der Waals surface area contributed by atoms with Crippen molar-refractivity contribution >= 4 is 11.6 Å². The Morgan fingerprint density at radius 1 is 1.00 bits per heavy atom. The lowest BCUT2D eigenvalue weighted by Crippen LogP contribution is -2.34. The van der Waals surface area contributed by atoms with Crippen molar-refractivity contribution < 1.29 is 0 Å². The van der Waals surface area contributed by atoms with E-state index in [1.54, 1.807) is 0 Å². The average Bonchev–Trinajstić information content (AvgIpc) is 2.47. The van der Waals surface area contributed by atoms with Crippen molar-refractivity contribution in [1.82, 2.24) is 0 Å². The molecule has 20 heavy (non-hydrogen) atoms. The van der Waals surface area contributed by atoms with Crippen LogP contribution in [-0.2, 0) is 18.4 Å². The molecule has 104 valence electrons. The van der Waals surface area contributed by atoms with Crippen LogP contribution in [0, 0.1) is 0 Å². The van der Waals surface area contributed by atoms with Crippen LogP contribution in [0.4, 0.5) is 0 Å². The SMILES string of the molecule is CC(N)(c1ccc2c(c1)CCCC2)c1ccccc1Cl. The second-order valence-electron chi connectivity index (χ2n) is 5.87. The van der Waals surface area contributed by atoms with E-state index < -0.39 is 5.54 Å². The summed E-state index contributed by atoms with van der Waals surface area (Å²) in [5, 5.41) is 0.732. The quantitative estimate of drug-likeness (QED) is 0.867. The van der Waals surface area contributed by atoms with Crippen LogP contribution < -0.4 is 5.73 Å². The van der Waals surface area contributed by atoms with Gasteiger partial charge in [0.05, 0.1) is 5.54 Å². The van der Waals surface area contributed by atoms with Gasteiger partial charge >= 0.3 is 0 Å². The highest BCUT2D eigenvalue weighted by atomic mass is 35.5. The molecule has 2 N–H and O–H groups in total. The van der Waals surface area contributed by atoms with Crippen molar-refractivity contribution in [2.75, 3.05) is 0 Å². The standard InChI is InChI=1S/C18H20ClN/c1-18(20,16-8-4-5-9-17(16)19)15-11-10-13-6-2-3-7-14(13)12-15/h4-5,8-12H,2-3,6-7,20H2,1H3. The molecule has 1 unspecified atom stereocenters. The summed E-state index contributed by atoms with van der Waals surface area (Å²) in [4.78, 5) is 0. The van der Waals surface area contributed by atoms with Gasteiger partial charge < -0.3 is 5.73 Å². The maximum absolute atomic E-state index is 6.61. The predicted octanol–water partition coefficient (Wildman–Crippen LogP) is 4.44. The van der Waals surface area contributed by atoms with E-state index in [-0.39, 0.29) is 0 Å². The van der Waals surface area contributed by atoms with E-state index in [0.717, 1.165) is 16.1 Å². The van der Waals surface area contributed by atoms with Gasteiger partial charge in [0, 0.05) is 5.02 Å². The lowest BCUT2D eigenvalue weighted by Gasteiger charge is -2.29. The highest BCUT2D eigenvalue weighted by Crippen LogP contribution is 2.33. The van der Waals surface area contributed by atoms with Gasteiger partial charge in [-0.3, -0.25) is 0 Å². The van der Waals surface area contributed by atoms with Crippen LogP contribution in [0.15, 0.2) is 42.5 Å². The number of fused-ring (bicyclic) bond motifs is 1. The lowest BCUT2D eigenvalue weighted by atomic mass is 9.82. The number of benzene rings is 2. The van der Waals surface area contributed by atoms with Crippen molar-refractivity contribution in [1.29, 1.82) is 0 Å². The molecule has 1 atom stereocenters. The highest BCUT2D eigenvalue weighted by Gasteiger charge is 2.27. The van der Waals surface area contributed by atoms with Crippen LogP contribution in [0.2, 0.25) is 5.02 Å². The number of hydrogen-bond acceptors (Lipinski definition) is 1. The zero-order valence-corrected chi connectivity index (χ0v) is 12.6. The van der Waals surface area contributed by atoms with Gasteiger partial charge in [-0.15, -0.1) is 0 Å². The van der Waals surface area contributed by atoms with Gasteiger partial charge in [0.2, 0.25) is 0 Å². The van der Waals surface area contributed by atoms with Gasteiger partial charge in [0.1, 0.15) is 0 Å². The molecule has 0 bridgehead atoms. The third-order valence-corrected chi connectivity index (χ3v) is 4.71. The molecule has 0 amide bonds. The van der Waals surface area contributed by atoms with E-state index in [9.17, 15) is 0 Å². The van der Waals surface area contributed by atoms with E-state index in [0.29, 0.717) is 0 Å². The lowest BCUT2D eigenvalue weighted by molar-refractivity contribution is 0.598. The Morgan fingerprint density at radius 3 is 2.45 bits per heavy atom. The van der Waals surface area contributed by atoms with E-state index in [1.165, 1.54) is 36.8 Å². The second kappa shape index (κ2) is 5.23. The first-order valence-corrected chi connectivity index (χ1v) is 7.63. The van der Waals surface area contributed by atoms with E-state index in [2.05, 4.69) is 18.2 Å². The topological polar surface area (TPSA) is 26.0 Å². The molecule has 0 radical (unpaired) electrons.